The third-order valence-electron chi connectivity index (χ3n) is 2.12. The maximum atomic E-state index is 13.3. The van der Waals surface area contributed by atoms with Crippen LogP contribution in [0.15, 0.2) is 30.6 Å². The third kappa shape index (κ3) is 2.87. The summed E-state index contributed by atoms with van der Waals surface area (Å²) in [5, 5.41) is 2.81. The standard InChI is InChI=1S/C11H10F2N4/c12-8-2-1-7(10(13)3-8)4-15-11-16-5-9(14)6-17-11/h1-3,5-6H,4,14H2,(H,15,16,17). The van der Waals surface area contributed by atoms with Gasteiger partial charge in [-0.3, -0.25) is 0 Å². The molecule has 2 rings (SSSR count). The van der Waals surface area contributed by atoms with Gasteiger partial charge in [0.25, 0.3) is 0 Å². The molecule has 0 spiro atoms. The van der Waals surface area contributed by atoms with Gasteiger partial charge in [0, 0.05) is 18.2 Å². The Morgan fingerprint density at radius 2 is 1.88 bits per heavy atom. The van der Waals surface area contributed by atoms with Crippen molar-refractivity contribution < 1.29 is 8.78 Å². The van der Waals surface area contributed by atoms with Crippen molar-refractivity contribution in [1.82, 2.24) is 9.97 Å². The fourth-order valence-electron chi connectivity index (χ4n) is 1.27. The highest BCUT2D eigenvalue weighted by Crippen LogP contribution is 2.11. The normalized spacial score (nSPS) is 10.2. The zero-order valence-electron chi connectivity index (χ0n) is 8.82. The Morgan fingerprint density at radius 3 is 2.53 bits per heavy atom. The van der Waals surface area contributed by atoms with Crippen molar-refractivity contribution in [1.29, 1.82) is 0 Å². The van der Waals surface area contributed by atoms with Crippen LogP contribution in [0.4, 0.5) is 20.4 Å². The Bertz CT molecular complexity index is 513. The number of anilines is 2. The molecule has 2 aromatic rings. The monoisotopic (exact) mass is 236 g/mol. The van der Waals surface area contributed by atoms with Gasteiger partial charge in [-0.15, -0.1) is 0 Å². The van der Waals surface area contributed by atoms with Gasteiger partial charge in [0.05, 0.1) is 18.1 Å². The lowest BCUT2D eigenvalue weighted by atomic mass is 10.2. The minimum atomic E-state index is -0.604. The van der Waals surface area contributed by atoms with Crippen LogP contribution in [0.3, 0.4) is 0 Å². The van der Waals surface area contributed by atoms with Crippen molar-refractivity contribution in [3.63, 3.8) is 0 Å². The van der Waals surface area contributed by atoms with Crippen LogP contribution in [0.5, 0.6) is 0 Å². The molecule has 0 fully saturated rings. The summed E-state index contributed by atoms with van der Waals surface area (Å²) in [6.45, 7) is 0.177. The Balaban J connectivity index is 2.04. The van der Waals surface area contributed by atoms with Crippen molar-refractivity contribution in [3.8, 4) is 0 Å². The molecule has 3 N–H and O–H groups in total. The zero-order chi connectivity index (χ0) is 12.3. The molecular formula is C11H10F2N4. The lowest BCUT2D eigenvalue weighted by molar-refractivity contribution is 0.574. The average molecular weight is 236 g/mol. The maximum Gasteiger partial charge on any atom is 0.222 e. The molecular weight excluding hydrogens is 226 g/mol. The molecule has 4 nitrogen and oxygen atoms in total. The van der Waals surface area contributed by atoms with Gasteiger partial charge in [-0.2, -0.15) is 0 Å². The Hall–Kier alpha value is -2.24. The fraction of sp³-hybridized carbons (Fsp3) is 0.0909. The van der Waals surface area contributed by atoms with Crippen LogP contribution in [0, 0.1) is 11.6 Å². The molecule has 6 heteroatoms. The van der Waals surface area contributed by atoms with E-state index in [2.05, 4.69) is 15.3 Å². The Kier molecular flexibility index (Phi) is 3.13. The summed E-state index contributed by atoms with van der Waals surface area (Å²) in [5.41, 5.74) is 6.21. The van der Waals surface area contributed by atoms with Crippen LogP contribution in [-0.4, -0.2) is 9.97 Å². The van der Waals surface area contributed by atoms with E-state index in [0.29, 0.717) is 17.2 Å². The zero-order valence-corrected chi connectivity index (χ0v) is 8.82. The van der Waals surface area contributed by atoms with E-state index in [0.717, 1.165) is 6.07 Å². The van der Waals surface area contributed by atoms with Crippen molar-refractivity contribution in [2.45, 2.75) is 6.54 Å². The van der Waals surface area contributed by atoms with E-state index in [9.17, 15) is 8.78 Å². The van der Waals surface area contributed by atoms with E-state index in [1.54, 1.807) is 0 Å². The summed E-state index contributed by atoms with van der Waals surface area (Å²) in [4.78, 5) is 7.79. The largest absolute Gasteiger partial charge is 0.396 e. The van der Waals surface area contributed by atoms with Crippen molar-refractivity contribution in [2.75, 3.05) is 11.1 Å². The molecule has 1 aromatic heterocycles. The number of hydrogen-bond donors (Lipinski definition) is 2. The molecule has 0 saturated heterocycles. The smallest absolute Gasteiger partial charge is 0.222 e. The third-order valence-corrected chi connectivity index (χ3v) is 2.12. The lowest BCUT2D eigenvalue weighted by Crippen LogP contribution is -2.05. The van der Waals surface area contributed by atoms with E-state index >= 15 is 0 Å². The molecule has 88 valence electrons. The Morgan fingerprint density at radius 1 is 1.18 bits per heavy atom. The molecule has 0 aliphatic carbocycles. The number of hydrogen-bond acceptors (Lipinski definition) is 4. The van der Waals surface area contributed by atoms with Gasteiger partial charge in [0.1, 0.15) is 11.6 Å². The molecule has 1 aromatic carbocycles. The van der Waals surface area contributed by atoms with E-state index < -0.39 is 11.6 Å². The van der Waals surface area contributed by atoms with E-state index in [4.69, 9.17) is 5.73 Å². The molecule has 0 saturated carbocycles. The van der Waals surface area contributed by atoms with Crippen LogP contribution in [0.1, 0.15) is 5.56 Å². The van der Waals surface area contributed by atoms with E-state index in [1.165, 1.54) is 24.5 Å². The van der Waals surface area contributed by atoms with Crippen molar-refractivity contribution >= 4 is 11.6 Å². The van der Waals surface area contributed by atoms with Crippen molar-refractivity contribution in [2.24, 2.45) is 0 Å². The van der Waals surface area contributed by atoms with E-state index in [1.807, 2.05) is 0 Å². The first-order chi connectivity index (χ1) is 8.15. The number of nitrogen functional groups attached to an aromatic ring is 1. The van der Waals surface area contributed by atoms with E-state index in [-0.39, 0.29) is 6.54 Å². The average Bonchev–Trinajstić information content (AvgIpc) is 2.30. The summed E-state index contributed by atoms with van der Waals surface area (Å²) in [6.07, 6.45) is 2.88. The van der Waals surface area contributed by atoms with Crippen LogP contribution in [0.25, 0.3) is 0 Å². The summed E-state index contributed by atoms with van der Waals surface area (Å²) in [7, 11) is 0. The lowest BCUT2D eigenvalue weighted by Gasteiger charge is -2.05. The highest BCUT2D eigenvalue weighted by atomic mass is 19.1. The topological polar surface area (TPSA) is 63.8 Å². The molecule has 1 heterocycles. The molecule has 0 amide bonds. The van der Waals surface area contributed by atoms with Gasteiger partial charge in [-0.1, -0.05) is 6.07 Å². The number of halogens is 2. The minimum absolute atomic E-state index is 0.177. The first-order valence-corrected chi connectivity index (χ1v) is 4.90. The molecule has 0 unspecified atom stereocenters. The van der Waals surface area contributed by atoms with Gasteiger partial charge in [-0.05, 0) is 6.07 Å². The number of aromatic nitrogens is 2. The highest BCUT2D eigenvalue weighted by molar-refractivity contribution is 5.36. The van der Waals surface area contributed by atoms with Gasteiger partial charge < -0.3 is 11.1 Å². The van der Waals surface area contributed by atoms with Crippen LogP contribution in [0.2, 0.25) is 0 Å². The fourth-order valence-corrected chi connectivity index (χ4v) is 1.27. The first kappa shape index (κ1) is 11.3. The summed E-state index contributed by atoms with van der Waals surface area (Å²) < 4.78 is 25.9. The van der Waals surface area contributed by atoms with Crippen LogP contribution in [-0.2, 0) is 6.54 Å². The number of benzene rings is 1. The molecule has 0 atom stereocenters. The van der Waals surface area contributed by atoms with Crippen LogP contribution >= 0.6 is 0 Å². The van der Waals surface area contributed by atoms with Gasteiger partial charge >= 0.3 is 0 Å². The van der Waals surface area contributed by atoms with Gasteiger partial charge in [-0.25, -0.2) is 18.7 Å². The second-order valence-electron chi connectivity index (χ2n) is 3.43. The molecule has 0 bridgehead atoms. The van der Waals surface area contributed by atoms with Crippen molar-refractivity contribution in [3.05, 3.63) is 47.8 Å². The predicted octanol–water partition coefficient (Wildman–Crippen LogP) is 1.95. The summed E-state index contributed by atoms with van der Waals surface area (Å²) in [5.74, 6) is -0.870. The minimum Gasteiger partial charge on any atom is -0.396 e. The van der Waals surface area contributed by atoms with Gasteiger partial charge in [0.15, 0.2) is 0 Å². The van der Waals surface area contributed by atoms with Crippen LogP contribution < -0.4 is 11.1 Å². The maximum absolute atomic E-state index is 13.3. The number of nitrogens with zero attached hydrogens (tertiary/aromatic N) is 2. The SMILES string of the molecule is Nc1cnc(NCc2ccc(F)cc2F)nc1. The molecule has 0 radical (unpaired) electrons. The second kappa shape index (κ2) is 4.73. The Labute approximate surface area is 96.5 Å². The molecule has 0 aliphatic rings. The van der Waals surface area contributed by atoms with Gasteiger partial charge in [0.2, 0.25) is 5.95 Å². The first-order valence-electron chi connectivity index (χ1n) is 4.90. The number of nitrogens with one attached hydrogen (secondary N) is 1. The highest BCUT2D eigenvalue weighted by Gasteiger charge is 2.04. The molecule has 0 aliphatic heterocycles. The predicted molar refractivity (Wildman–Crippen MR) is 60.1 cm³/mol. The second-order valence-corrected chi connectivity index (χ2v) is 3.43. The molecule has 17 heavy (non-hydrogen) atoms. The summed E-state index contributed by atoms with van der Waals surface area (Å²) >= 11 is 0. The number of nitrogens with two attached hydrogens (primary N) is 1. The number of rotatable bonds is 3. The quantitative estimate of drug-likeness (QED) is 0.854. The summed E-state index contributed by atoms with van der Waals surface area (Å²) in [6, 6.07) is 3.40.